The van der Waals surface area contributed by atoms with Crippen LogP contribution in [-0.4, -0.2) is 47.3 Å². The van der Waals surface area contributed by atoms with E-state index in [2.05, 4.69) is 9.97 Å². The lowest BCUT2D eigenvalue weighted by molar-refractivity contribution is -0.143. The number of aliphatic carboxylic acids is 1. The topological polar surface area (TPSA) is 75.6 Å². The van der Waals surface area contributed by atoms with Gasteiger partial charge in [-0.15, -0.1) is 0 Å². The van der Waals surface area contributed by atoms with E-state index in [0.29, 0.717) is 18.4 Å². The second kappa shape index (κ2) is 5.97. The van der Waals surface area contributed by atoms with Crippen LogP contribution in [0, 0.1) is 24.7 Å². The molecular formula is C15H21N3O3. The van der Waals surface area contributed by atoms with E-state index in [0.717, 1.165) is 38.2 Å². The monoisotopic (exact) mass is 291 g/mol. The fraction of sp³-hybridized carbons (Fsp3) is 0.667. The van der Waals surface area contributed by atoms with E-state index in [1.165, 1.54) is 0 Å². The molecule has 1 aromatic heterocycles. The zero-order chi connectivity index (χ0) is 14.8. The summed E-state index contributed by atoms with van der Waals surface area (Å²) in [6.45, 7) is 4.66. The molecule has 0 unspecified atom stereocenters. The van der Waals surface area contributed by atoms with Crippen LogP contribution in [0.3, 0.4) is 0 Å². The number of carboxylic acids is 1. The van der Waals surface area contributed by atoms with E-state index >= 15 is 0 Å². The van der Waals surface area contributed by atoms with E-state index in [1.54, 1.807) is 12.4 Å². The van der Waals surface area contributed by atoms with Crippen LogP contribution in [-0.2, 0) is 9.53 Å². The molecule has 1 N–H and O–H groups in total. The summed E-state index contributed by atoms with van der Waals surface area (Å²) in [5.74, 6) is 0.187. The van der Waals surface area contributed by atoms with Crippen LogP contribution in [0.2, 0.25) is 0 Å². The maximum atomic E-state index is 11.6. The highest BCUT2D eigenvalue weighted by Gasteiger charge is 2.42. The quantitative estimate of drug-likeness (QED) is 0.906. The molecule has 2 fully saturated rings. The van der Waals surface area contributed by atoms with Crippen molar-refractivity contribution in [2.45, 2.75) is 19.8 Å². The van der Waals surface area contributed by atoms with Gasteiger partial charge in [0, 0.05) is 38.7 Å². The van der Waals surface area contributed by atoms with Gasteiger partial charge in [0.1, 0.15) is 0 Å². The van der Waals surface area contributed by atoms with Crippen molar-refractivity contribution in [1.29, 1.82) is 0 Å². The molecule has 2 aliphatic heterocycles. The summed E-state index contributed by atoms with van der Waals surface area (Å²) in [5, 5.41) is 9.52. The number of ether oxygens (including phenoxy) is 1. The van der Waals surface area contributed by atoms with Crippen molar-refractivity contribution in [3.05, 3.63) is 18.0 Å². The smallest absolute Gasteiger partial charge is 0.308 e. The highest BCUT2D eigenvalue weighted by Crippen LogP contribution is 2.36. The van der Waals surface area contributed by atoms with Gasteiger partial charge in [-0.05, 0) is 37.2 Å². The first-order valence-electron chi connectivity index (χ1n) is 7.49. The second-order valence-electron chi connectivity index (χ2n) is 6.02. The summed E-state index contributed by atoms with van der Waals surface area (Å²) in [4.78, 5) is 22.3. The lowest BCUT2D eigenvalue weighted by Gasteiger charge is -2.29. The average Bonchev–Trinajstić information content (AvgIpc) is 2.94. The first kappa shape index (κ1) is 14.3. The van der Waals surface area contributed by atoms with Crippen LogP contribution < -0.4 is 4.90 Å². The number of anilines is 1. The van der Waals surface area contributed by atoms with Gasteiger partial charge in [-0.25, -0.2) is 9.97 Å². The average molecular weight is 291 g/mol. The summed E-state index contributed by atoms with van der Waals surface area (Å²) in [6, 6.07) is 0. The number of nitrogens with zero attached hydrogens (tertiary/aromatic N) is 3. The van der Waals surface area contributed by atoms with Crippen LogP contribution in [0.1, 0.15) is 18.4 Å². The number of carbonyl (C=O) groups is 1. The summed E-state index contributed by atoms with van der Waals surface area (Å²) in [7, 11) is 0. The summed E-state index contributed by atoms with van der Waals surface area (Å²) < 4.78 is 5.39. The third kappa shape index (κ3) is 3.00. The maximum absolute atomic E-state index is 11.6. The fourth-order valence-corrected chi connectivity index (χ4v) is 3.42. The molecule has 0 radical (unpaired) electrons. The molecule has 114 valence electrons. The van der Waals surface area contributed by atoms with Gasteiger partial charge in [0.25, 0.3) is 0 Å². The zero-order valence-electron chi connectivity index (χ0n) is 12.2. The van der Waals surface area contributed by atoms with E-state index in [-0.39, 0.29) is 11.8 Å². The minimum absolute atomic E-state index is 0.163. The molecule has 0 spiro atoms. The van der Waals surface area contributed by atoms with Crippen molar-refractivity contribution in [1.82, 2.24) is 9.97 Å². The molecular weight excluding hydrogens is 270 g/mol. The molecule has 0 bridgehead atoms. The van der Waals surface area contributed by atoms with Crippen molar-refractivity contribution in [2.24, 2.45) is 17.8 Å². The molecule has 6 heteroatoms. The van der Waals surface area contributed by atoms with E-state index < -0.39 is 5.97 Å². The number of aryl methyl sites for hydroxylation is 1. The van der Waals surface area contributed by atoms with Gasteiger partial charge in [-0.2, -0.15) is 0 Å². The normalized spacial score (nSPS) is 27.0. The largest absolute Gasteiger partial charge is 0.481 e. The van der Waals surface area contributed by atoms with Crippen LogP contribution in [0.4, 0.5) is 5.95 Å². The molecule has 3 rings (SSSR count). The minimum Gasteiger partial charge on any atom is -0.481 e. The first-order chi connectivity index (χ1) is 10.1. The van der Waals surface area contributed by atoms with Crippen molar-refractivity contribution < 1.29 is 14.6 Å². The molecule has 6 nitrogen and oxygen atoms in total. The lowest BCUT2D eigenvalue weighted by Crippen LogP contribution is -2.31. The van der Waals surface area contributed by atoms with Crippen LogP contribution in [0.5, 0.6) is 0 Å². The SMILES string of the molecule is Cc1cnc(N2C[C@H](C(=O)O)[C@@H](C3CCOCC3)C2)nc1. The molecule has 0 aliphatic carbocycles. The van der Waals surface area contributed by atoms with E-state index in [1.807, 2.05) is 11.8 Å². The lowest BCUT2D eigenvalue weighted by atomic mass is 9.80. The summed E-state index contributed by atoms with van der Waals surface area (Å²) >= 11 is 0. The number of hydrogen-bond donors (Lipinski definition) is 1. The van der Waals surface area contributed by atoms with Gasteiger partial charge in [-0.1, -0.05) is 0 Å². The highest BCUT2D eigenvalue weighted by atomic mass is 16.5. The molecule has 21 heavy (non-hydrogen) atoms. The number of carboxylic acid groups (broad SMARTS) is 1. The van der Waals surface area contributed by atoms with Crippen molar-refractivity contribution in [3.63, 3.8) is 0 Å². The van der Waals surface area contributed by atoms with Crippen LogP contribution in [0.25, 0.3) is 0 Å². The molecule has 1 aromatic rings. The standard InChI is InChI=1S/C15H21N3O3/c1-10-6-16-15(17-7-10)18-8-12(13(9-18)14(19)20)11-2-4-21-5-3-11/h6-7,11-13H,2-5,8-9H2,1H3,(H,19,20)/t12-,13+/m1/s1. The Morgan fingerprint density at radius 2 is 1.95 bits per heavy atom. The third-order valence-electron chi connectivity index (χ3n) is 4.60. The highest BCUT2D eigenvalue weighted by molar-refractivity contribution is 5.72. The molecule has 0 amide bonds. The van der Waals surface area contributed by atoms with Gasteiger partial charge >= 0.3 is 5.97 Å². The van der Waals surface area contributed by atoms with E-state index in [9.17, 15) is 9.90 Å². The Morgan fingerprint density at radius 1 is 1.29 bits per heavy atom. The number of hydrogen-bond acceptors (Lipinski definition) is 5. The summed E-state index contributed by atoms with van der Waals surface area (Å²) in [5.41, 5.74) is 1.01. The Hall–Kier alpha value is -1.69. The van der Waals surface area contributed by atoms with E-state index in [4.69, 9.17) is 4.74 Å². The number of aromatic nitrogens is 2. The third-order valence-corrected chi connectivity index (χ3v) is 4.60. The van der Waals surface area contributed by atoms with Crippen molar-refractivity contribution in [2.75, 3.05) is 31.2 Å². The van der Waals surface area contributed by atoms with Crippen molar-refractivity contribution in [3.8, 4) is 0 Å². The number of rotatable bonds is 3. The van der Waals surface area contributed by atoms with Gasteiger partial charge in [0.05, 0.1) is 5.92 Å². The van der Waals surface area contributed by atoms with Gasteiger partial charge < -0.3 is 14.7 Å². The predicted molar refractivity (Wildman–Crippen MR) is 77.1 cm³/mol. The van der Waals surface area contributed by atoms with Crippen LogP contribution in [0.15, 0.2) is 12.4 Å². The summed E-state index contributed by atoms with van der Waals surface area (Å²) in [6.07, 6.45) is 5.47. The van der Waals surface area contributed by atoms with Gasteiger partial charge in [0.15, 0.2) is 0 Å². The Kier molecular flexibility index (Phi) is 4.05. The zero-order valence-corrected chi connectivity index (χ0v) is 12.2. The van der Waals surface area contributed by atoms with Gasteiger partial charge in [-0.3, -0.25) is 4.79 Å². The Labute approximate surface area is 124 Å². The minimum atomic E-state index is -0.707. The molecule has 2 atom stereocenters. The molecule has 2 aliphatic rings. The second-order valence-corrected chi connectivity index (χ2v) is 6.02. The first-order valence-corrected chi connectivity index (χ1v) is 7.49. The van der Waals surface area contributed by atoms with Crippen molar-refractivity contribution >= 4 is 11.9 Å². The predicted octanol–water partition coefficient (Wildman–Crippen LogP) is 1.35. The Morgan fingerprint density at radius 3 is 2.57 bits per heavy atom. The maximum Gasteiger partial charge on any atom is 0.308 e. The fourth-order valence-electron chi connectivity index (χ4n) is 3.42. The van der Waals surface area contributed by atoms with Gasteiger partial charge in [0.2, 0.25) is 5.95 Å². The molecule has 0 saturated carbocycles. The Balaban J connectivity index is 1.77. The Bertz CT molecular complexity index is 499. The molecule has 2 saturated heterocycles. The molecule has 3 heterocycles. The van der Waals surface area contributed by atoms with Crippen LogP contribution >= 0.6 is 0 Å². The molecule has 0 aromatic carbocycles.